The fourth-order valence-electron chi connectivity index (χ4n) is 1.57. The van der Waals surface area contributed by atoms with E-state index >= 15 is 0 Å². The van der Waals surface area contributed by atoms with Gasteiger partial charge in [0.05, 0.1) is 10.6 Å². The van der Waals surface area contributed by atoms with Crippen LogP contribution in [0.1, 0.15) is 5.56 Å². The number of rotatable bonds is 3. The fraction of sp³-hybridized carbons (Fsp3) is 0.0833. The number of nitro benzene ring substituents is 1. The van der Waals surface area contributed by atoms with Gasteiger partial charge in [0.1, 0.15) is 0 Å². The van der Waals surface area contributed by atoms with Crippen LogP contribution in [-0.2, 0) is 6.54 Å². The number of pyridine rings is 1. The van der Waals surface area contributed by atoms with Crippen molar-refractivity contribution in [3.05, 3.63) is 64.5 Å². The summed E-state index contributed by atoms with van der Waals surface area (Å²) in [7, 11) is 0. The van der Waals surface area contributed by atoms with Crippen molar-refractivity contribution >= 4 is 11.4 Å². The highest BCUT2D eigenvalue weighted by molar-refractivity contribution is 5.33. The van der Waals surface area contributed by atoms with Crippen molar-refractivity contribution in [3.63, 3.8) is 0 Å². The quantitative estimate of drug-likeness (QED) is 0.493. The molecular weight excluding hydrogens is 218 g/mol. The van der Waals surface area contributed by atoms with Crippen LogP contribution in [-0.4, -0.2) is 4.92 Å². The predicted octanol–water partition coefficient (Wildman–Crippen LogP) is 1.51. The number of aromatic nitrogens is 1. The summed E-state index contributed by atoms with van der Waals surface area (Å²) in [5.41, 5.74) is 7.45. The van der Waals surface area contributed by atoms with Crippen molar-refractivity contribution in [2.24, 2.45) is 0 Å². The summed E-state index contributed by atoms with van der Waals surface area (Å²) in [4.78, 5) is 10.1. The Labute approximate surface area is 98.3 Å². The number of hydrogen-bond donors (Lipinski definition) is 1. The smallest absolute Gasteiger partial charge is 0.269 e. The normalized spacial score (nSPS) is 10.1. The predicted molar refractivity (Wildman–Crippen MR) is 63.2 cm³/mol. The number of non-ortho nitro benzene ring substituents is 1. The van der Waals surface area contributed by atoms with Crippen molar-refractivity contribution in [2.45, 2.75) is 6.54 Å². The number of nitrogens with two attached hydrogens (primary N) is 1. The van der Waals surface area contributed by atoms with E-state index in [0.29, 0.717) is 12.2 Å². The van der Waals surface area contributed by atoms with Crippen LogP contribution in [0.3, 0.4) is 0 Å². The number of benzene rings is 1. The molecule has 0 saturated heterocycles. The van der Waals surface area contributed by atoms with Gasteiger partial charge in [-0.1, -0.05) is 0 Å². The molecule has 0 atom stereocenters. The Bertz CT molecular complexity index is 538. The minimum atomic E-state index is -0.405. The second kappa shape index (κ2) is 4.61. The third kappa shape index (κ3) is 2.78. The van der Waals surface area contributed by atoms with Gasteiger partial charge in [-0.25, -0.2) is 0 Å². The molecule has 5 nitrogen and oxygen atoms in total. The molecule has 2 N–H and O–H groups in total. The molecule has 86 valence electrons. The van der Waals surface area contributed by atoms with Crippen LogP contribution in [0.5, 0.6) is 0 Å². The second-order valence-corrected chi connectivity index (χ2v) is 3.73. The third-order valence-corrected chi connectivity index (χ3v) is 2.39. The monoisotopic (exact) mass is 230 g/mol. The molecule has 0 unspecified atom stereocenters. The second-order valence-electron chi connectivity index (χ2n) is 3.73. The largest absolute Gasteiger partial charge is 0.394 e. The number of nitrogens with zero attached hydrogens (tertiary/aromatic N) is 2. The summed E-state index contributed by atoms with van der Waals surface area (Å²) in [5.74, 6) is 0. The fourth-order valence-corrected chi connectivity index (χ4v) is 1.57. The lowest BCUT2D eigenvalue weighted by atomic mass is 10.2. The highest BCUT2D eigenvalue weighted by Gasteiger charge is 2.07. The Morgan fingerprint density at radius 2 is 1.94 bits per heavy atom. The zero-order chi connectivity index (χ0) is 12.3. The lowest BCUT2D eigenvalue weighted by Crippen LogP contribution is -2.33. The van der Waals surface area contributed by atoms with E-state index in [0.717, 1.165) is 5.56 Å². The Morgan fingerprint density at radius 3 is 2.53 bits per heavy atom. The van der Waals surface area contributed by atoms with Crippen molar-refractivity contribution in [3.8, 4) is 0 Å². The van der Waals surface area contributed by atoms with Crippen LogP contribution in [0, 0.1) is 10.1 Å². The van der Waals surface area contributed by atoms with Gasteiger partial charge in [-0.05, 0) is 18.2 Å². The molecule has 17 heavy (non-hydrogen) atoms. The molecule has 0 saturated carbocycles. The molecule has 5 heteroatoms. The topological polar surface area (TPSA) is 73.0 Å². The summed E-state index contributed by atoms with van der Waals surface area (Å²) in [6, 6.07) is 10.2. The maximum atomic E-state index is 10.5. The molecule has 2 rings (SSSR count). The Hall–Kier alpha value is -2.43. The van der Waals surface area contributed by atoms with Gasteiger partial charge in [-0.2, -0.15) is 4.57 Å². The van der Waals surface area contributed by atoms with E-state index < -0.39 is 4.92 Å². The first kappa shape index (κ1) is 11.1. The SMILES string of the molecule is Nc1ccc[n+](Cc2ccc([N+](=O)[O-])cc2)c1. The molecule has 0 fully saturated rings. The number of anilines is 1. The molecule has 0 amide bonds. The number of nitro groups is 1. The van der Waals surface area contributed by atoms with E-state index in [1.165, 1.54) is 12.1 Å². The summed E-state index contributed by atoms with van der Waals surface area (Å²) in [6.45, 7) is 0.642. The summed E-state index contributed by atoms with van der Waals surface area (Å²) in [5, 5.41) is 10.5. The maximum Gasteiger partial charge on any atom is 0.269 e. The van der Waals surface area contributed by atoms with Gasteiger partial charge in [0.2, 0.25) is 0 Å². The van der Waals surface area contributed by atoms with Gasteiger partial charge in [0.15, 0.2) is 18.9 Å². The lowest BCUT2D eigenvalue weighted by molar-refractivity contribution is -0.687. The molecule has 0 aliphatic carbocycles. The van der Waals surface area contributed by atoms with Crippen molar-refractivity contribution < 1.29 is 9.49 Å². The van der Waals surface area contributed by atoms with E-state index in [1.807, 2.05) is 29.1 Å². The summed E-state index contributed by atoms with van der Waals surface area (Å²) >= 11 is 0. The van der Waals surface area contributed by atoms with E-state index in [2.05, 4.69) is 0 Å². The zero-order valence-corrected chi connectivity index (χ0v) is 9.11. The van der Waals surface area contributed by atoms with Crippen molar-refractivity contribution in [1.82, 2.24) is 0 Å². The molecule has 2 aromatic rings. The molecule has 0 spiro atoms. The highest BCUT2D eigenvalue weighted by Crippen LogP contribution is 2.11. The molecular formula is C12H12N3O2+. The molecule has 1 heterocycles. The molecule has 0 radical (unpaired) electrons. The van der Waals surface area contributed by atoms with Gasteiger partial charge in [0.25, 0.3) is 5.69 Å². The maximum absolute atomic E-state index is 10.5. The van der Waals surface area contributed by atoms with Gasteiger partial charge in [0, 0.05) is 23.8 Å². The van der Waals surface area contributed by atoms with Crippen LogP contribution >= 0.6 is 0 Å². The van der Waals surface area contributed by atoms with Crippen LogP contribution < -0.4 is 10.3 Å². The standard InChI is InChI=1S/C12H12N3O2/c13-11-2-1-7-14(9-11)8-10-3-5-12(6-4-10)15(16)17/h1-7,9H,8,13H2/q+1. The van der Waals surface area contributed by atoms with Crippen LogP contribution in [0.4, 0.5) is 11.4 Å². The summed E-state index contributed by atoms with van der Waals surface area (Å²) < 4.78 is 1.93. The van der Waals surface area contributed by atoms with Crippen molar-refractivity contribution in [2.75, 3.05) is 5.73 Å². The highest BCUT2D eigenvalue weighted by atomic mass is 16.6. The molecule has 0 aliphatic rings. The minimum absolute atomic E-state index is 0.103. The molecule has 0 bridgehead atoms. The molecule has 0 aliphatic heterocycles. The van der Waals surface area contributed by atoms with E-state index in [1.54, 1.807) is 12.1 Å². The van der Waals surface area contributed by atoms with Gasteiger partial charge in [-0.3, -0.25) is 10.1 Å². The van der Waals surface area contributed by atoms with Crippen molar-refractivity contribution in [1.29, 1.82) is 0 Å². The van der Waals surface area contributed by atoms with E-state index in [-0.39, 0.29) is 5.69 Å². The van der Waals surface area contributed by atoms with Gasteiger partial charge in [-0.15, -0.1) is 0 Å². The first-order valence-electron chi connectivity index (χ1n) is 5.13. The first-order chi connectivity index (χ1) is 8.15. The molecule has 1 aromatic carbocycles. The first-order valence-corrected chi connectivity index (χ1v) is 5.13. The third-order valence-electron chi connectivity index (χ3n) is 2.39. The average molecular weight is 230 g/mol. The lowest BCUT2D eigenvalue weighted by Gasteiger charge is -1.98. The Morgan fingerprint density at radius 1 is 1.24 bits per heavy atom. The summed E-state index contributed by atoms with van der Waals surface area (Å²) in [6.07, 6.45) is 3.72. The minimum Gasteiger partial charge on any atom is -0.394 e. The number of hydrogen-bond acceptors (Lipinski definition) is 3. The Kier molecular flexibility index (Phi) is 3.00. The van der Waals surface area contributed by atoms with E-state index in [4.69, 9.17) is 5.73 Å². The van der Waals surface area contributed by atoms with Crippen LogP contribution in [0.2, 0.25) is 0 Å². The average Bonchev–Trinajstić information content (AvgIpc) is 2.29. The van der Waals surface area contributed by atoms with Gasteiger partial charge >= 0.3 is 0 Å². The van der Waals surface area contributed by atoms with Crippen LogP contribution in [0.15, 0.2) is 48.8 Å². The van der Waals surface area contributed by atoms with Crippen LogP contribution in [0.25, 0.3) is 0 Å². The number of nitrogen functional groups attached to an aromatic ring is 1. The van der Waals surface area contributed by atoms with E-state index in [9.17, 15) is 10.1 Å². The zero-order valence-electron chi connectivity index (χ0n) is 9.11. The Balaban J connectivity index is 2.16. The van der Waals surface area contributed by atoms with Gasteiger partial charge < -0.3 is 5.73 Å². The molecule has 1 aromatic heterocycles.